The summed E-state index contributed by atoms with van der Waals surface area (Å²) in [6, 6.07) is 11.6. The minimum Gasteiger partial charge on any atom is -0.292 e. The van der Waals surface area contributed by atoms with Gasteiger partial charge in [-0.1, -0.05) is 85.4 Å². The number of halogens is 4. The number of amides is 3. The Morgan fingerprint density at radius 1 is 0.971 bits per heavy atom. The molecule has 4 rings (SSSR count). The highest BCUT2D eigenvalue weighted by Gasteiger charge is 2.55. The summed E-state index contributed by atoms with van der Waals surface area (Å²) in [4.78, 5) is 54.1. The molecule has 1 saturated heterocycles. The van der Waals surface area contributed by atoms with Gasteiger partial charge in [0.2, 0.25) is 0 Å². The molecule has 0 spiro atoms. The molecular weight excluding hydrogens is 611 g/mol. The molecule has 2 aromatic rings. The highest BCUT2D eigenvalue weighted by atomic mass is 79.9. The first-order valence-electron chi connectivity index (χ1n) is 10.7. The van der Waals surface area contributed by atoms with Crippen LogP contribution in [0, 0.1) is 11.8 Å². The van der Waals surface area contributed by atoms with E-state index in [0.717, 1.165) is 10.0 Å². The fraction of sp³-hybridized carbons (Fsp3) is 0.333. The lowest BCUT2D eigenvalue weighted by Gasteiger charge is -2.35. The Morgan fingerprint density at radius 2 is 1.53 bits per heavy atom. The third-order valence-corrected chi connectivity index (χ3v) is 9.56. The van der Waals surface area contributed by atoms with Crippen LogP contribution in [0.5, 0.6) is 0 Å². The SMILES string of the molecule is C[C@H](C(=O)c1ccccc1)N(C(=O)c1ccc(Cl)cc1Cl)N1C(=O)[C@H]2C[C@@H](Br)[C@@H](Br)C[C@H]2C1=O. The highest BCUT2D eigenvalue weighted by molar-refractivity contribution is 9.12. The number of carbonyl (C=O) groups excluding carboxylic acids is 4. The van der Waals surface area contributed by atoms with Crippen LogP contribution in [0.3, 0.4) is 0 Å². The smallest absolute Gasteiger partial charge is 0.275 e. The Labute approximate surface area is 223 Å². The zero-order valence-corrected chi connectivity index (χ0v) is 22.6. The van der Waals surface area contributed by atoms with E-state index in [1.54, 1.807) is 30.3 Å². The fourth-order valence-corrected chi connectivity index (χ4v) is 6.20. The van der Waals surface area contributed by atoms with Gasteiger partial charge in [0.05, 0.1) is 22.4 Å². The van der Waals surface area contributed by atoms with Gasteiger partial charge in [0.1, 0.15) is 6.04 Å². The molecule has 2 fully saturated rings. The number of carbonyl (C=O) groups is 4. The van der Waals surface area contributed by atoms with E-state index in [-0.39, 0.29) is 20.2 Å². The van der Waals surface area contributed by atoms with Crippen molar-refractivity contribution in [1.29, 1.82) is 0 Å². The molecule has 2 aliphatic rings. The van der Waals surface area contributed by atoms with Gasteiger partial charge in [-0.2, -0.15) is 5.01 Å². The molecule has 10 heteroatoms. The summed E-state index contributed by atoms with van der Waals surface area (Å²) in [5, 5.41) is 2.20. The van der Waals surface area contributed by atoms with Crippen LogP contribution in [-0.2, 0) is 9.59 Å². The van der Waals surface area contributed by atoms with E-state index < -0.39 is 41.4 Å². The number of Topliss-reactive ketones (excluding diaryl/α,β-unsaturated/α-hetero) is 1. The first kappa shape index (κ1) is 25.4. The van der Waals surface area contributed by atoms with E-state index in [1.165, 1.54) is 25.1 Å². The summed E-state index contributed by atoms with van der Waals surface area (Å²) in [5.74, 6) is -3.30. The Balaban J connectivity index is 1.77. The van der Waals surface area contributed by atoms with Gasteiger partial charge in [-0.25, -0.2) is 5.01 Å². The number of ketones is 1. The summed E-state index contributed by atoms with van der Waals surface area (Å²) in [5.41, 5.74) is 0.388. The molecular formula is C24H20Br2Cl2N2O4. The maximum absolute atomic E-state index is 13.7. The third kappa shape index (κ3) is 4.57. The average Bonchev–Trinajstić information content (AvgIpc) is 3.04. The van der Waals surface area contributed by atoms with Gasteiger partial charge < -0.3 is 0 Å². The first-order valence-corrected chi connectivity index (χ1v) is 13.2. The van der Waals surface area contributed by atoms with E-state index in [1.807, 2.05) is 0 Å². The number of alkyl halides is 2. The second kappa shape index (κ2) is 10.1. The Morgan fingerprint density at radius 3 is 2.06 bits per heavy atom. The molecule has 0 aromatic heterocycles. The molecule has 0 bridgehead atoms. The number of hydrazine groups is 1. The minimum absolute atomic E-state index is 0.00341. The standard InChI is InChI=1S/C24H20Br2Cl2N2O4/c1-12(21(31)13-5-3-2-4-6-13)29(22(32)15-8-7-14(27)9-20(15)28)30-23(33)16-10-18(25)19(26)11-17(16)24(30)34/h2-9,12,16-19H,10-11H2,1H3/t12-,16-,17+,18+,19-/m1/s1. The zero-order valence-electron chi connectivity index (χ0n) is 18.0. The van der Waals surface area contributed by atoms with Crippen LogP contribution in [0.2, 0.25) is 10.0 Å². The molecule has 6 nitrogen and oxygen atoms in total. The van der Waals surface area contributed by atoms with E-state index in [9.17, 15) is 19.2 Å². The van der Waals surface area contributed by atoms with Gasteiger partial charge >= 0.3 is 0 Å². The molecule has 1 aliphatic carbocycles. The van der Waals surface area contributed by atoms with Crippen molar-refractivity contribution in [2.75, 3.05) is 0 Å². The second-order valence-electron chi connectivity index (χ2n) is 8.38. The Kier molecular flexibility index (Phi) is 7.53. The lowest BCUT2D eigenvalue weighted by molar-refractivity contribution is -0.156. The topological polar surface area (TPSA) is 74.8 Å². The van der Waals surface area contributed by atoms with Crippen molar-refractivity contribution in [3.63, 3.8) is 0 Å². The van der Waals surface area contributed by atoms with E-state index in [0.29, 0.717) is 23.4 Å². The molecule has 0 radical (unpaired) electrons. The number of nitrogens with zero attached hydrogens (tertiary/aromatic N) is 2. The fourth-order valence-electron chi connectivity index (χ4n) is 4.47. The van der Waals surface area contributed by atoms with Crippen molar-refractivity contribution in [2.45, 2.75) is 35.5 Å². The van der Waals surface area contributed by atoms with Crippen molar-refractivity contribution in [3.05, 3.63) is 69.7 Å². The molecule has 1 heterocycles. The number of hydrogen-bond donors (Lipinski definition) is 0. The maximum atomic E-state index is 13.7. The van der Waals surface area contributed by atoms with Crippen LogP contribution < -0.4 is 0 Å². The van der Waals surface area contributed by atoms with E-state index in [4.69, 9.17) is 23.2 Å². The summed E-state index contributed by atoms with van der Waals surface area (Å²) in [6.07, 6.45) is 0.874. The van der Waals surface area contributed by atoms with Crippen molar-refractivity contribution >= 4 is 78.6 Å². The summed E-state index contributed by atoms with van der Waals surface area (Å²) < 4.78 is 0. The zero-order chi connectivity index (χ0) is 24.7. The normalized spacial score (nSPS) is 25.1. The highest BCUT2D eigenvalue weighted by Crippen LogP contribution is 2.44. The molecule has 1 saturated carbocycles. The van der Waals surface area contributed by atoms with Crippen LogP contribution in [0.4, 0.5) is 0 Å². The molecule has 178 valence electrons. The van der Waals surface area contributed by atoms with Gasteiger partial charge in [-0.05, 0) is 38.0 Å². The van der Waals surface area contributed by atoms with Crippen LogP contribution in [0.15, 0.2) is 48.5 Å². The number of imide groups is 1. The maximum Gasteiger partial charge on any atom is 0.275 e. The van der Waals surface area contributed by atoms with E-state index >= 15 is 0 Å². The molecule has 34 heavy (non-hydrogen) atoms. The quantitative estimate of drug-likeness (QED) is 0.247. The molecule has 0 N–H and O–H groups in total. The number of benzene rings is 2. The third-order valence-electron chi connectivity index (χ3n) is 6.28. The summed E-state index contributed by atoms with van der Waals surface area (Å²) >= 11 is 19.4. The van der Waals surface area contributed by atoms with Crippen LogP contribution in [-0.4, -0.2) is 49.2 Å². The number of fused-ring (bicyclic) bond motifs is 1. The first-order chi connectivity index (χ1) is 16.1. The molecule has 1 aliphatic heterocycles. The summed E-state index contributed by atoms with van der Waals surface area (Å²) in [7, 11) is 0. The van der Waals surface area contributed by atoms with Crippen molar-refractivity contribution < 1.29 is 19.2 Å². The van der Waals surface area contributed by atoms with Crippen LogP contribution in [0.1, 0.15) is 40.5 Å². The molecule has 3 amide bonds. The molecule has 0 unspecified atom stereocenters. The lowest BCUT2D eigenvalue weighted by atomic mass is 9.81. The minimum atomic E-state index is -1.14. The van der Waals surface area contributed by atoms with Gasteiger partial charge in [0.25, 0.3) is 17.7 Å². The monoisotopic (exact) mass is 628 g/mol. The Bertz CT molecular complexity index is 1130. The van der Waals surface area contributed by atoms with Crippen molar-refractivity contribution in [3.8, 4) is 0 Å². The van der Waals surface area contributed by atoms with Gasteiger partial charge in [0.15, 0.2) is 5.78 Å². The number of hydrogen-bond acceptors (Lipinski definition) is 4. The molecule has 2 aromatic carbocycles. The Hall–Kier alpha value is -1.74. The number of rotatable bonds is 5. The van der Waals surface area contributed by atoms with Gasteiger partial charge in [0, 0.05) is 20.2 Å². The van der Waals surface area contributed by atoms with Gasteiger partial charge in [-0.15, -0.1) is 0 Å². The van der Waals surface area contributed by atoms with Crippen LogP contribution >= 0.6 is 55.1 Å². The van der Waals surface area contributed by atoms with E-state index in [2.05, 4.69) is 31.9 Å². The largest absolute Gasteiger partial charge is 0.292 e. The average molecular weight is 631 g/mol. The predicted octanol–water partition coefficient (Wildman–Crippen LogP) is 5.54. The van der Waals surface area contributed by atoms with Gasteiger partial charge in [-0.3, -0.25) is 19.2 Å². The summed E-state index contributed by atoms with van der Waals surface area (Å²) in [6.45, 7) is 1.50. The lowest BCUT2D eigenvalue weighted by Crippen LogP contribution is -2.56. The second-order valence-corrected chi connectivity index (χ2v) is 11.6. The van der Waals surface area contributed by atoms with Crippen molar-refractivity contribution in [1.82, 2.24) is 10.0 Å². The molecule has 5 atom stereocenters. The van der Waals surface area contributed by atoms with Crippen molar-refractivity contribution in [2.24, 2.45) is 11.8 Å². The van der Waals surface area contributed by atoms with Crippen LogP contribution in [0.25, 0.3) is 0 Å². The predicted molar refractivity (Wildman–Crippen MR) is 136 cm³/mol.